The highest BCUT2D eigenvalue weighted by molar-refractivity contribution is 5.69. The van der Waals surface area contributed by atoms with Crippen molar-refractivity contribution in [1.29, 1.82) is 0 Å². The van der Waals surface area contributed by atoms with Crippen LogP contribution in [0.3, 0.4) is 0 Å². The first kappa shape index (κ1) is 22.1. The molecule has 2 rings (SSSR count). The molecule has 152 valence electrons. The van der Waals surface area contributed by atoms with Crippen LogP contribution in [0, 0.1) is 0 Å². The Morgan fingerprint density at radius 3 is 1.86 bits per heavy atom. The van der Waals surface area contributed by atoms with E-state index in [1.807, 2.05) is 64.1 Å². The van der Waals surface area contributed by atoms with Crippen molar-refractivity contribution in [2.75, 3.05) is 0 Å². The van der Waals surface area contributed by atoms with Gasteiger partial charge in [-0.1, -0.05) is 60.7 Å². The summed E-state index contributed by atoms with van der Waals surface area (Å²) in [6, 6.07) is 20.4. The molecule has 28 heavy (non-hydrogen) atoms. The van der Waals surface area contributed by atoms with Gasteiger partial charge in [-0.2, -0.15) is 0 Å². The Labute approximate surface area is 169 Å². The van der Waals surface area contributed by atoms with Crippen molar-refractivity contribution in [2.24, 2.45) is 0 Å². The zero-order valence-corrected chi connectivity index (χ0v) is 17.5. The van der Waals surface area contributed by atoms with Crippen molar-refractivity contribution in [3.8, 4) is 0 Å². The van der Waals surface area contributed by atoms with Crippen molar-refractivity contribution >= 4 is 5.97 Å². The van der Waals surface area contributed by atoms with Crippen LogP contribution in [-0.4, -0.2) is 33.7 Å². The smallest absolute Gasteiger partial charge is 0.306 e. The van der Waals surface area contributed by atoms with Crippen LogP contribution in [0.15, 0.2) is 60.7 Å². The summed E-state index contributed by atoms with van der Waals surface area (Å²) >= 11 is 0. The summed E-state index contributed by atoms with van der Waals surface area (Å²) in [5.74, 6) is -0.267. The number of ether oxygens (including phenoxy) is 1. The lowest BCUT2D eigenvalue weighted by Crippen LogP contribution is -2.41. The maximum absolute atomic E-state index is 12.0. The zero-order chi connectivity index (χ0) is 20.6. The van der Waals surface area contributed by atoms with Gasteiger partial charge >= 0.3 is 5.97 Å². The molecule has 0 spiro atoms. The predicted molar refractivity (Wildman–Crippen MR) is 113 cm³/mol. The van der Waals surface area contributed by atoms with Crippen LogP contribution < -0.4 is 0 Å². The van der Waals surface area contributed by atoms with Crippen LogP contribution in [0.4, 0.5) is 0 Å². The molecule has 0 saturated heterocycles. The summed E-state index contributed by atoms with van der Waals surface area (Å²) in [6.45, 7) is 9.05. The molecule has 0 fully saturated rings. The third kappa shape index (κ3) is 7.83. The highest BCUT2D eigenvalue weighted by atomic mass is 16.6. The molecule has 0 amide bonds. The van der Waals surface area contributed by atoms with Crippen LogP contribution in [-0.2, 0) is 22.6 Å². The second-order valence-corrected chi connectivity index (χ2v) is 8.31. The number of hydrogen-bond acceptors (Lipinski definition) is 4. The Balaban J connectivity index is 2.02. The van der Waals surface area contributed by atoms with Crippen LogP contribution in [0.5, 0.6) is 0 Å². The second kappa shape index (κ2) is 10.4. The number of hydrogen-bond donors (Lipinski definition) is 1. The molecule has 1 N–H and O–H groups in total. The fourth-order valence-electron chi connectivity index (χ4n) is 3.12. The number of esters is 1. The topological polar surface area (TPSA) is 49.8 Å². The molecule has 0 aliphatic heterocycles. The van der Waals surface area contributed by atoms with Crippen LogP contribution in [0.25, 0.3) is 0 Å². The SMILES string of the molecule is C[C@@H]([C@@H](O)CCC(=O)OC(C)(C)C)N(Cc1ccccc1)Cc1ccccc1. The molecule has 0 aromatic heterocycles. The van der Waals surface area contributed by atoms with E-state index in [4.69, 9.17) is 4.74 Å². The van der Waals surface area contributed by atoms with E-state index in [0.717, 1.165) is 13.1 Å². The van der Waals surface area contributed by atoms with E-state index >= 15 is 0 Å². The molecule has 2 atom stereocenters. The van der Waals surface area contributed by atoms with Gasteiger partial charge in [0.05, 0.1) is 6.10 Å². The standard InChI is InChI=1S/C24H33NO3/c1-19(22(26)15-16-23(27)28-24(2,3)4)25(17-20-11-7-5-8-12-20)18-21-13-9-6-10-14-21/h5-14,19,22,26H,15-18H2,1-4H3/t19-,22-/m0/s1. The molecule has 0 saturated carbocycles. The summed E-state index contributed by atoms with van der Waals surface area (Å²) < 4.78 is 5.36. The molecule has 0 radical (unpaired) electrons. The Hall–Kier alpha value is -2.17. The number of rotatable bonds is 9. The van der Waals surface area contributed by atoms with E-state index in [0.29, 0.717) is 6.42 Å². The van der Waals surface area contributed by atoms with Gasteiger partial charge < -0.3 is 9.84 Å². The lowest BCUT2D eigenvalue weighted by Gasteiger charge is -2.32. The summed E-state index contributed by atoms with van der Waals surface area (Å²) in [6.07, 6.45) is -0.0105. The van der Waals surface area contributed by atoms with E-state index in [9.17, 15) is 9.90 Å². The highest BCUT2D eigenvalue weighted by Gasteiger charge is 2.24. The molecule has 2 aromatic carbocycles. The Morgan fingerprint density at radius 1 is 0.964 bits per heavy atom. The van der Waals surface area contributed by atoms with Gasteiger partial charge in [-0.25, -0.2) is 0 Å². The summed E-state index contributed by atoms with van der Waals surface area (Å²) in [5.41, 5.74) is 1.90. The predicted octanol–water partition coefficient (Wildman–Crippen LogP) is 4.56. The molecular formula is C24H33NO3. The summed E-state index contributed by atoms with van der Waals surface area (Å²) in [5, 5.41) is 10.7. The summed E-state index contributed by atoms with van der Waals surface area (Å²) in [4.78, 5) is 14.2. The van der Waals surface area contributed by atoms with E-state index in [1.54, 1.807) is 0 Å². The minimum absolute atomic E-state index is 0.0946. The third-order valence-electron chi connectivity index (χ3n) is 4.65. The number of carbonyl (C=O) groups is 1. The van der Waals surface area contributed by atoms with Gasteiger partial charge in [0, 0.05) is 25.6 Å². The molecule has 4 heteroatoms. The van der Waals surface area contributed by atoms with Crippen molar-refractivity contribution in [1.82, 2.24) is 4.90 Å². The van der Waals surface area contributed by atoms with Gasteiger partial charge in [0.1, 0.15) is 5.60 Å². The van der Waals surface area contributed by atoms with Crippen molar-refractivity contribution in [2.45, 2.75) is 71.4 Å². The lowest BCUT2D eigenvalue weighted by atomic mass is 10.0. The Kier molecular flexibility index (Phi) is 8.21. The number of carbonyl (C=O) groups excluding carboxylic acids is 1. The second-order valence-electron chi connectivity index (χ2n) is 8.31. The molecule has 0 unspecified atom stereocenters. The van der Waals surface area contributed by atoms with E-state index in [2.05, 4.69) is 29.2 Å². The summed E-state index contributed by atoms with van der Waals surface area (Å²) in [7, 11) is 0. The normalized spacial score (nSPS) is 13.9. The van der Waals surface area contributed by atoms with Gasteiger partial charge in [0.2, 0.25) is 0 Å². The van der Waals surface area contributed by atoms with Gasteiger partial charge in [-0.05, 0) is 45.2 Å². The van der Waals surface area contributed by atoms with Crippen molar-refractivity contribution < 1.29 is 14.6 Å². The molecular weight excluding hydrogens is 350 g/mol. The monoisotopic (exact) mass is 383 g/mol. The highest BCUT2D eigenvalue weighted by Crippen LogP contribution is 2.18. The zero-order valence-electron chi connectivity index (χ0n) is 17.5. The first-order chi connectivity index (χ1) is 13.2. The van der Waals surface area contributed by atoms with E-state index in [-0.39, 0.29) is 18.4 Å². The average Bonchev–Trinajstić information content (AvgIpc) is 2.65. The maximum Gasteiger partial charge on any atom is 0.306 e. The van der Waals surface area contributed by atoms with E-state index < -0.39 is 11.7 Å². The van der Waals surface area contributed by atoms with Gasteiger partial charge in [-0.15, -0.1) is 0 Å². The largest absolute Gasteiger partial charge is 0.460 e. The molecule has 0 aliphatic rings. The molecule has 0 aliphatic carbocycles. The molecule has 2 aromatic rings. The number of aliphatic hydroxyl groups is 1. The average molecular weight is 384 g/mol. The van der Waals surface area contributed by atoms with Gasteiger partial charge in [0.25, 0.3) is 0 Å². The molecule has 4 nitrogen and oxygen atoms in total. The third-order valence-corrected chi connectivity index (χ3v) is 4.65. The Morgan fingerprint density at radius 2 is 1.43 bits per heavy atom. The van der Waals surface area contributed by atoms with Crippen LogP contribution in [0.1, 0.15) is 51.7 Å². The Bertz CT molecular complexity index is 668. The van der Waals surface area contributed by atoms with E-state index in [1.165, 1.54) is 11.1 Å². The minimum Gasteiger partial charge on any atom is -0.460 e. The van der Waals surface area contributed by atoms with Gasteiger partial charge in [-0.3, -0.25) is 9.69 Å². The first-order valence-corrected chi connectivity index (χ1v) is 9.96. The molecule has 0 bridgehead atoms. The molecule has 0 heterocycles. The number of benzene rings is 2. The van der Waals surface area contributed by atoms with Crippen LogP contribution in [0.2, 0.25) is 0 Å². The maximum atomic E-state index is 12.0. The van der Waals surface area contributed by atoms with Crippen LogP contribution >= 0.6 is 0 Å². The quantitative estimate of drug-likeness (QED) is 0.645. The van der Waals surface area contributed by atoms with Crippen molar-refractivity contribution in [3.05, 3.63) is 71.8 Å². The lowest BCUT2D eigenvalue weighted by molar-refractivity contribution is -0.155. The van der Waals surface area contributed by atoms with Crippen molar-refractivity contribution in [3.63, 3.8) is 0 Å². The minimum atomic E-state index is -0.611. The number of nitrogens with zero attached hydrogens (tertiary/aromatic N) is 1. The fourth-order valence-corrected chi connectivity index (χ4v) is 3.12. The van der Waals surface area contributed by atoms with Gasteiger partial charge in [0.15, 0.2) is 0 Å². The fraction of sp³-hybridized carbons (Fsp3) is 0.458. The first-order valence-electron chi connectivity index (χ1n) is 9.96. The number of aliphatic hydroxyl groups excluding tert-OH is 1.